The largest absolute Gasteiger partial charge is 0.481 e. The lowest BCUT2D eigenvalue weighted by atomic mass is 10.1. The molecule has 1 aliphatic rings. The molecule has 1 atom stereocenters. The predicted octanol–water partition coefficient (Wildman–Crippen LogP) is 0.537. The first-order valence-corrected chi connectivity index (χ1v) is 6.40. The number of rotatable bonds is 7. The third kappa shape index (κ3) is 5.48. The van der Waals surface area contributed by atoms with Gasteiger partial charge in [-0.2, -0.15) is 0 Å². The summed E-state index contributed by atoms with van der Waals surface area (Å²) < 4.78 is 5.70. The molecule has 0 aromatic carbocycles. The summed E-state index contributed by atoms with van der Waals surface area (Å²) >= 11 is 0. The second-order valence-corrected chi connectivity index (χ2v) is 4.75. The molecule has 0 radical (unpaired) electrons. The lowest BCUT2D eigenvalue weighted by Crippen LogP contribution is -2.40. The zero-order chi connectivity index (χ0) is 12.7. The first-order valence-electron chi connectivity index (χ1n) is 6.40. The molecule has 0 amide bonds. The third-order valence-electron chi connectivity index (χ3n) is 3.19. The van der Waals surface area contributed by atoms with Gasteiger partial charge < -0.3 is 20.5 Å². The zero-order valence-corrected chi connectivity index (χ0v) is 10.6. The topological polar surface area (TPSA) is 75.8 Å². The van der Waals surface area contributed by atoms with E-state index in [-0.39, 0.29) is 5.92 Å². The highest BCUT2D eigenvalue weighted by atomic mass is 16.5. The maximum absolute atomic E-state index is 10.7. The second kappa shape index (κ2) is 7.63. The van der Waals surface area contributed by atoms with E-state index in [0.717, 1.165) is 39.0 Å². The Bertz CT molecular complexity index is 228. The van der Waals surface area contributed by atoms with Crippen molar-refractivity contribution in [2.45, 2.75) is 32.3 Å². The lowest BCUT2D eigenvalue weighted by Gasteiger charge is -2.32. The normalized spacial score (nSPS) is 20.4. The number of likely N-dealkylation sites (tertiary alicyclic amines) is 1. The van der Waals surface area contributed by atoms with Crippen LogP contribution in [0.15, 0.2) is 0 Å². The van der Waals surface area contributed by atoms with E-state index in [0.29, 0.717) is 19.2 Å². The van der Waals surface area contributed by atoms with Gasteiger partial charge in [0.25, 0.3) is 0 Å². The molecule has 1 heterocycles. The Morgan fingerprint density at radius 1 is 1.53 bits per heavy atom. The highest BCUT2D eigenvalue weighted by molar-refractivity contribution is 5.69. The molecule has 0 bridgehead atoms. The van der Waals surface area contributed by atoms with Crippen LogP contribution >= 0.6 is 0 Å². The molecule has 0 aromatic rings. The number of hydrogen-bond acceptors (Lipinski definition) is 4. The van der Waals surface area contributed by atoms with Crippen LogP contribution in [0.5, 0.6) is 0 Å². The van der Waals surface area contributed by atoms with Crippen molar-refractivity contribution in [1.29, 1.82) is 0 Å². The van der Waals surface area contributed by atoms with Crippen LogP contribution in [0.2, 0.25) is 0 Å². The number of nitrogens with two attached hydrogens (primary N) is 1. The zero-order valence-electron chi connectivity index (χ0n) is 10.6. The van der Waals surface area contributed by atoms with E-state index in [1.807, 2.05) is 0 Å². The summed E-state index contributed by atoms with van der Waals surface area (Å²) in [6, 6.07) is 0. The van der Waals surface area contributed by atoms with Crippen molar-refractivity contribution in [2.75, 3.05) is 32.8 Å². The molecule has 5 nitrogen and oxygen atoms in total. The number of piperidine rings is 1. The maximum Gasteiger partial charge on any atom is 0.307 e. The fraction of sp³-hybridized carbons (Fsp3) is 0.917. The molecule has 1 fully saturated rings. The van der Waals surface area contributed by atoms with Crippen LogP contribution in [0.4, 0.5) is 0 Å². The van der Waals surface area contributed by atoms with E-state index in [9.17, 15) is 4.79 Å². The molecule has 0 aliphatic carbocycles. The fourth-order valence-electron chi connectivity index (χ4n) is 2.06. The monoisotopic (exact) mass is 244 g/mol. The van der Waals surface area contributed by atoms with E-state index >= 15 is 0 Å². The molecule has 0 saturated carbocycles. The second-order valence-electron chi connectivity index (χ2n) is 4.75. The molecule has 3 N–H and O–H groups in total. The molecule has 5 heteroatoms. The van der Waals surface area contributed by atoms with Crippen LogP contribution < -0.4 is 5.73 Å². The van der Waals surface area contributed by atoms with Crippen molar-refractivity contribution in [3.63, 3.8) is 0 Å². The van der Waals surface area contributed by atoms with Gasteiger partial charge in [-0.25, -0.2) is 0 Å². The molecule has 0 aromatic heterocycles. The molecule has 1 unspecified atom stereocenters. The molecular weight excluding hydrogens is 220 g/mol. The fourth-order valence-corrected chi connectivity index (χ4v) is 2.06. The van der Waals surface area contributed by atoms with Gasteiger partial charge in [0, 0.05) is 26.2 Å². The SMILES string of the molecule is CC(CN1CCC(OCCCN)CC1)C(=O)O. The summed E-state index contributed by atoms with van der Waals surface area (Å²) in [6.07, 6.45) is 3.24. The van der Waals surface area contributed by atoms with E-state index < -0.39 is 5.97 Å². The minimum absolute atomic E-state index is 0.287. The number of hydrogen-bond donors (Lipinski definition) is 2. The summed E-state index contributed by atoms with van der Waals surface area (Å²) in [5.41, 5.74) is 5.41. The highest BCUT2D eigenvalue weighted by Crippen LogP contribution is 2.15. The maximum atomic E-state index is 10.7. The smallest absolute Gasteiger partial charge is 0.307 e. The molecule has 1 saturated heterocycles. The van der Waals surface area contributed by atoms with Crippen molar-refractivity contribution >= 4 is 5.97 Å². The number of carbonyl (C=O) groups is 1. The molecule has 1 rings (SSSR count). The van der Waals surface area contributed by atoms with Crippen LogP contribution in [0, 0.1) is 5.92 Å². The summed E-state index contributed by atoms with van der Waals surface area (Å²) in [5.74, 6) is -1.00. The van der Waals surface area contributed by atoms with Gasteiger partial charge in [0.1, 0.15) is 0 Å². The summed E-state index contributed by atoms with van der Waals surface area (Å²) in [6.45, 7) is 5.69. The summed E-state index contributed by atoms with van der Waals surface area (Å²) in [4.78, 5) is 13.0. The highest BCUT2D eigenvalue weighted by Gasteiger charge is 2.22. The Kier molecular flexibility index (Phi) is 6.47. The van der Waals surface area contributed by atoms with Crippen LogP contribution in [-0.4, -0.2) is 54.9 Å². The first kappa shape index (κ1) is 14.4. The van der Waals surface area contributed by atoms with Crippen LogP contribution in [0.3, 0.4) is 0 Å². The number of nitrogens with zero attached hydrogens (tertiary/aromatic N) is 1. The van der Waals surface area contributed by atoms with Gasteiger partial charge >= 0.3 is 5.97 Å². The van der Waals surface area contributed by atoms with Crippen molar-refractivity contribution < 1.29 is 14.6 Å². The number of ether oxygens (including phenoxy) is 1. The average molecular weight is 244 g/mol. The van der Waals surface area contributed by atoms with E-state index in [1.165, 1.54) is 0 Å². The Hall–Kier alpha value is -0.650. The van der Waals surface area contributed by atoms with Gasteiger partial charge in [-0.15, -0.1) is 0 Å². The van der Waals surface area contributed by atoms with Crippen LogP contribution in [0.1, 0.15) is 26.2 Å². The Labute approximate surface area is 103 Å². The summed E-state index contributed by atoms with van der Waals surface area (Å²) in [7, 11) is 0. The molecular formula is C12H24N2O3. The standard InChI is InChI=1S/C12H24N2O3/c1-10(12(15)16)9-14-6-3-11(4-7-14)17-8-2-5-13/h10-11H,2-9,13H2,1H3,(H,15,16). The van der Waals surface area contributed by atoms with Gasteiger partial charge in [-0.3, -0.25) is 4.79 Å². The van der Waals surface area contributed by atoms with Crippen molar-refractivity contribution in [3.05, 3.63) is 0 Å². The Morgan fingerprint density at radius 3 is 2.71 bits per heavy atom. The minimum Gasteiger partial charge on any atom is -0.481 e. The third-order valence-corrected chi connectivity index (χ3v) is 3.19. The number of aliphatic carboxylic acids is 1. The number of carboxylic acids is 1. The molecule has 17 heavy (non-hydrogen) atoms. The quantitative estimate of drug-likeness (QED) is 0.639. The molecule has 0 spiro atoms. The Balaban J connectivity index is 2.15. The van der Waals surface area contributed by atoms with E-state index in [2.05, 4.69) is 4.90 Å². The average Bonchev–Trinajstić information content (AvgIpc) is 2.31. The number of carboxylic acid groups (broad SMARTS) is 1. The molecule has 1 aliphatic heterocycles. The van der Waals surface area contributed by atoms with Gasteiger partial charge in [-0.1, -0.05) is 6.92 Å². The van der Waals surface area contributed by atoms with Crippen LogP contribution in [-0.2, 0) is 9.53 Å². The van der Waals surface area contributed by atoms with E-state index in [1.54, 1.807) is 6.92 Å². The predicted molar refractivity (Wildman–Crippen MR) is 65.9 cm³/mol. The molecule has 100 valence electrons. The Morgan fingerprint density at radius 2 is 2.18 bits per heavy atom. The van der Waals surface area contributed by atoms with Gasteiger partial charge in [0.15, 0.2) is 0 Å². The van der Waals surface area contributed by atoms with Gasteiger partial charge in [0.2, 0.25) is 0 Å². The van der Waals surface area contributed by atoms with Gasteiger partial charge in [0.05, 0.1) is 12.0 Å². The van der Waals surface area contributed by atoms with Crippen molar-refractivity contribution in [3.8, 4) is 0 Å². The van der Waals surface area contributed by atoms with Crippen molar-refractivity contribution in [1.82, 2.24) is 4.90 Å². The van der Waals surface area contributed by atoms with E-state index in [4.69, 9.17) is 15.6 Å². The van der Waals surface area contributed by atoms with Crippen LogP contribution in [0.25, 0.3) is 0 Å². The lowest BCUT2D eigenvalue weighted by molar-refractivity contribution is -0.141. The minimum atomic E-state index is -0.716. The first-order chi connectivity index (χ1) is 8.13. The van der Waals surface area contributed by atoms with Gasteiger partial charge in [-0.05, 0) is 25.8 Å². The summed E-state index contributed by atoms with van der Waals surface area (Å²) in [5, 5.41) is 8.84. The van der Waals surface area contributed by atoms with Crippen molar-refractivity contribution in [2.24, 2.45) is 11.7 Å².